The lowest BCUT2D eigenvalue weighted by molar-refractivity contribution is -0.120. The average molecular weight is 467 g/mol. The minimum absolute atomic E-state index is 0.0340. The predicted octanol–water partition coefficient (Wildman–Crippen LogP) is 4.05. The number of rotatable bonds is 3. The number of piperazine rings is 1. The molecule has 0 saturated carbocycles. The van der Waals surface area contributed by atoms with Crippen molar-refractivity contribution in [1.82, 2.24) is 9.80 Å². The summed E-state index contributed by atoms with van der Waals surface area (Å²) in [5.41, 5.74) is 1.43. The summed E-state index contributed by atoms with van der Waals surface area (Å²) in [5.74, 6) is -1.82. The maximum atomic E-state index is 14.6. The van der Waals surface area contributed by atoms with E-state index in [2.05, 4.69) is 10.2 Å². The topological polar surface area (TPSA) is 91.6 Å². The Labute approximate surface area is 197 Å². The van der Waals surface area contributed by atoms with Gasteiger partial charge in [-0.3, -0.25) is 9.59 Å². The van der Waals surface area contributed by atoms with Crippen LogP contribution in [0.3, 0.4) is 0 Å². The smallest absolute Gasteiger partial charge is 0.410 e. The molecule has 1 aromatic carbocycles. The molecule has 2 aliphatic heterocycles. The first-order valence-electron chi connectivity index (χ1n) is 11.2. The Morgan fingerprint density at radius 1 is 1.09 bits per heavy atom. The normalized spacial score (nSPS) is 20.0. The summed E-state index contributed by atoms with van der Waals surface area (Å²) in [4.78, 5) is 40.4. The zero-order valence-corrected chi connectivity index (χ0v) is 19.5. The number of azo groups is 1. The van der Waals surface area contributed by atoms with Gasteiger partial charge in [0.05, 0.1) is 17.2 Å². The third kappa shape index (κ3) is 5.13. The lowest BCUT2D eigenvalue weighted by Crippen LogP contribution is -2.51. The molecule has 0 radical (unpaired) electrons. The second-order valence-corrected chi connectivity index (χ2v) is 9.41. The average Bonchev–Trinajstić information content (AvgIpc) is 2.81. The van der Waals surface area contributed by atoms with Crippen LogP contribution in [0.15, 0.2) is 64.0 Å². The Hall–Kier alpha value is -3.62. The van der Waals surface area contributed by atoms with Gasteiger partial charge in [0.2, 0.25) is 0 Å². The number of benzene rings is 1. The molecule has 3 aliphatic rings. The minimum Gasteiger partial charge on any atom is -0.444 e. The van der Waals surface area contributed by atoms with Gasteiger partial charge in [-0.05, 0) is 44.0 Å². The lowest BCUT2D eigenvalue weighted by atomic mass is 9.89. The molecule has 2 heterocycles. The molecule has 0 aromatic heterocycles. The number of ether oxygens (including phenoxy) is 1. The number of carbonyl (C=O) groups is 3. The fourth-order valence-electron chi connectivity index (χ4n) is 4.03. The molecule has 8 nitrogen and oxygen atoms in total. The van der Waals surface area contributed by atoms with Gasteiger partial charge in [0.15, 0.2) is 0 Å². The first kappa shape index (κ1) is 23.5. The minimum atomic E-state index is -0.611. The van der Waals surface area contributed by atoms with Gasteiger partial charge in [0, 0.05) is 32.6 Å². The second-order valence-electron chi connectivity index (χ2n) is 9.41. The molecule has 0 bridgehead atoms. The van der Waals surface area contributed by atoms with E-state index in [-0.39, 0.29) is 24.6 Å². The number of allylic oxidation sites excluding steroid dienone is 4. The first-order chi connectivity index (χ1) is 16.1. The zero-order valence-electron chi connectivity index (χ0n) is 19.5. The molecule has 1 aliphatic carbocycles. The number of carbonyl (C=O) groups excluding carboxylic acids is 3. The third-order valence-corrected chi connectivity index (χ3v) is 5.75. The highest BCUT2D eigenvalue weighted by Crippen LogP contribution is 2.30. The van der Waals surface area contributed by atoms with Crippen molar-refractivity contribution in [2.24, 2.45) is 16.1 Å². The van der Waals surface area contributed by atoms with Crippen LogP contribution in [-0.2, 0) is 16.0 Å². The molecular formula is C25H27FN4O4. The van der Waals surface area contributed by atoms with E-state index in [1.165, 1.54) is 17.0 Å². The van der Waals surface area contributed by atoms with E-state index in [4.69, 9.17) is 4.74 Å². The van der Waals surface area contributed by atoms with E-state index in [1.54, 1.807) is 43.9 Å². The van der Waals surface area contributed by atoms with Crippen LogP contribution in [0, 0.1) is 11.7 Å². The van der Waals surface area contributed by atoms with Crippen molar-refractivity contribution < 1.29 is 23.5 Å². The highest BCUT2D eigenvalue weighted by atomic mass is 19.1. The van der Waals surface area contributed by atoms with Crippen LogP contribution in [0.25, 0.3) is 0 Å². The van der Waals surface area contributed by atoms with Gasteiger partial charge in [0.1, 0.15) is 11.4 Å². The van der Waals surface area contributed by atoms with E-state index in [0.717, 1.165) is 5.57 Å². The van der Waals surface area contributed by atoms with Gasteiger partial charge in [-0.2, -0.15) is 5.11 Å². The SMILES string of the molecule is CC(C)(C)OC(=O)N1CCN(C(=O)c2cc(CC3=C4C=CC=CC4C(=O)N=N3)ccc2F)CC1. The Morgan fingerprint density at radius 3 is 2.50 bits per heavy atom. The fourth-order valence-corrected chi connectivity index (χ4v) is 4.03. The van der Waals surface area contributed by atoms with Gasteiger partial charge < -0.3 is 14.5 Å². The van der Waals surface area contributed by atoms with Crippen LogP contribution in [-0.4, -0.2) is 59.5 Å². The molecule has 0 N–H and O–H groups in total. The van der Waals surface area contributed by atoms with Crippen molar-refractivity contribution in [3.63, 3.8) is 0 Å². The highest BCUT2D eigenvalue weighted by molar-refractivity contribution is 5.95. The predicted molar refractivity (Wildman–Crippen MR) is 122 cm³/mol. The summed E-state index contributed by atoms with van der Waals surface area (Å²) in [6.07, 6.45) is 7.11. The quantitative estimate of drug-likeness (QED) is 0.672. The number of fused-ring (bicyclic) bond motifs is 1. The summed E-state index contributed by atoms with van der Waals surface area (Å²) in [6, 6.07) is 4.39. The molecule has 1 unspecified atom stereocenters. The molecule has 1 saturated heterocycles. The Morgan fingerprint density at radius 2 is 1.79 bits per heavy atom. The fraction of sp³-hybridized carbons (Fsp3) is 0.400. The van der Waals surface area contributed by atoms with Crippen molar-refractivity contribution in [3.8, 4) is 0 Å². The summed E-state index contributed by atoms with van der Waals surface area (Å²) in [7, 11) is 0. The maximum absolute atomic E-state index is 14.6. The standard InChI is InChI=1S/C25H27FN4O4/c1-25(2,3)34-24(33)30-12-10-29(11-13-30)23(32)19-14-16(8-9-20(19)26)15-21-17-6-4-5-7-18(17)22(31)28-27-21/h4-9,14,18H,10-13,15H2,1-3H3. The Balaban J connectivity index is 1.46. The molecule has 1 atom stereocenters. The monoisotopic (exact) mass is 466 g/mol. The van der Waals surface area contributed by atoms with Gasteiger partial charge in [-0.1, -0.05) is 30.4 Å². The van der Waals surface area contributed by atoms with Crippen molar-refractivity contribution >= 4 is 17.9 Å². The first-order valence-corrected chi connectivity index (χ1v) is 11.2. The van der Waals surface area contributed by atoms with Crippen molar-refractivity contribution in [2.75, 3.05) is 26.2 Å². The largest absolute Gasteiger partial charge is 0.444 e. The lowest BCUT2D eigenvalue weighted by Gasteiger charge is -2.35. The molecule has 34 heavy (non-hydrogen) atoms. The van der Waals surface area contributed by atoms with E-state index in [1.807, 2.05) is 12.2 Å². The summed E-state index contributed by atoms with van der Waals surface area (Å²) in [6.45, 7) is 6.58. The van der Waals surface area contributed by atoms with Crippen LogP contribution < -0.4 is 0 Å². The second kappa shape index (κ2) is 9.32. The molecule has 0 spiro atoms. The summed E-state index contributed by atoms with van der Waals surface area (Å²) >= 11 is 0. The molecule has 9 heteroatoms. The number of nitrogens with zero attached hydrogens (tertiary/aromatic N) is 4. The summed E-state index contributed by atoms with van der Waals surface area (Å²) < 4.78 is 20.0. The van der Waals surface area contributed by atoms with Crippen LogP contribution in [0.5, 0.6) is 0 Å². The molecule has 1 aromatic rings. The molecule has 3 amide bonds. The van der Waals surface area contributed by atoms with Crippen LogP contribution >= 0.6 is 0 Å². The van der Waals surface area contributed by atoms with Crippen molar-refractivity contribution in [3.05, 3.63) is 70.7 Å². The Bertz CT molecular complexity index is 1140. The zero-order chi connectivity index (χ0) is 24.5. The van der Waals surface area contributed by atoms with Crippen molar-refractivity contribution in [1.29, 1.82) is 0 Å². The Kier molecular flexibility index (Phi) is 6.45. The van der Waals surface area contributed by atoms with E-state index in [0.29, 0.717) is 30.8 Å². The molecule has 4 rings (SSSR count). The number of hydrogen-bond acceptors (Lipinski definition) is 5. The van der Waals surface area contributed by atoms with Gasteiger partial charge in [0.25, 0.3) is 11.8 Å². The molecule has 178 valence electrons. The number of hydrogen-bond donors (Lipinski definition) is 0. The van der Waals surface area contributed by atoms with Gasteiger partial charge in [-0.25, -0.2) is 9.18 Å². The van der Waals surface area contributed by atoms with E-state index in [9.17, 15) is 18.8 Å². The van der Waals surface area contributed by atoms with E-state index >= 15 is 0 Å². The number of amides is 3. The molecular weight excluding hydrogens is 439 g/mol. The van der Waals surface area contributed by atoms with Crippen LogP contribution in [0.2, 0.25) is 0 Å². The van der Waals surface area contributed by atoms with Gasteiger partial charge >= 0.3 is 6.09 Å². The van der Waals surface area contributed by atoms with Crippen molar-refractivity contribution in [2.45, 2.75) is 32.8 Å². The van der Waals surface area contributed by atoms with E-state index < -0.39 is 29.3 Å². The molecule has 1 fully saturated rings. The van der Waals surface area contributed by atoms with Gasteiger partial charge in [-0.15, -0.1) is 5.11 Å². The third-order valence-electron chi connectivity index (χ3n) is 5.75. The van der Waals surface area contributed by atoms with Crippen LogP contribution in [0.4, 0.5) is 9.18 Å². The number of halogens is 1. The summed E-state index contributed by atoms with van der Waals surface area (Å²) in [5, 5.41) is 7.79. The maximum Gasteiger partial charge on any atom is 0.410 e. The highest BCUT2D eigenvalue weighted by Gasteiger charge is 2.30. The van der Waals surface area contributed by atoms with Crippen LogP contribution in [0.1, 0.15) is 36.7 Å².